The second kappa shape index (κ2) is 5.05. The van der Waals surface area contributed by atoms with Crippen molar-refractivity contribution in [2.75, 3.05) is 11.9 Å². The summed E-state index contributed by atoms with van der Waals surface area (Å²) in [7, 11) is 0. The number of anilines is 1. The Kier molecular flexibility index (Phi) is 3.46. The zero-order chi connectivity index (χ0) is 14.0. The second-order valence-corrected chi connectivity index (χ2v) is 4.45. The maximum atomic E-state index is 11.9. The lowest BCUT2D eigenvalue weighted by Gasteiger charge is -2.07. The number of aliphatic imine (C=N–C) groups is 1. The monoisotopic (exact) mass is 262 g/mol. The van der Waals surface area contributed by atoms with Crippen molar-refractivity contribution in [2.45, 2.75) is 19.9 Å². The third kappa shape index (κ3) is 2.87. The molecule has 2 N–H and O–H groups in total. The molecule has 1 unspecified atom stereocenters. The maximum Gasteiger partial charge on any atom is 0.290 e. The van der Waals surface area contributed by atoms with Gasteiger partial charge >= 0.3 is 0 Å². The van der Waals surface area contributed by atoms with Crippen LogP contribution in [0.2, 0.25) is 0 Å². The van der Waals surface area contributed by atoms with Crippen LogP contribution in [-0.2, 0) is 4.79 Å². The summed E-state index contributed by atoms with van der Waals surface area (Å²) in [6.45, 7) is 4.12. The topological polar surface area (TPSA) is 96.6 Å². The summed E-state index contributed by atoms with van der Waals surface area (Å²) < 4.78 is 0. The van der Waals surface area contributed by atoms with Crippen LogP contribution in [0.5, 0.6) is 0 Å². The molecule has 100 valence electrons. The number of hydrogen-bond acceptors (Lipinski definition) is 5. The molecule has 2 rings (SSSR count). The Balaban J connectivity index is 2.13. The van der Waals surface area contributed by atoms with E-state index >= 15 is 0 Å². The van der Waals surface area contributed by atoms with E-state index in [2.05, 4.69) is 15.6 Å². The molecule has 1 aromatic rings. The molecule has 7 heteroatoms. The number of nitrogens with zero attached hydrogens (tertiary/aromatic N) is 2. The fourth-order valence-electron chi connectivity index (χ4n) is 1.76. The zero-order valence-electron chi connectivity index (χ0n) is 10.6. The first kappa shape index (κ1) is 13.0. The fourth-order valence-corrected chi connectivity index (χ4v) is 1.76. The van der Waals surface area contributed by atoms with Crippen LogP contribution in [0.25, 0.3) is 0 Å². The first-order chi connectivity index (χ1) is 8.97. The van der Waals surface area contributed by atoms with Crippen molar-refractivity contribution in [1.82, 2.24) is 5.32 Å². The molecule has 0 aliphatic carbocycles. The first-order valence-corrected chi connectivity index (χ1v) is 5.85. The highest BCUT2D eigenvalue weighted by molar-refractivity contribution is 6.42. The van der Waals surface area contributed by atoms with Crippen LogP contribution in [-0.4, -0.2) is 29.3 Å². The van der Waals surface area contributed by atoms with E-state index in [0.29, 0.717) is 17.8 Å². The van der Waals surface area contributed by atoms with Crippen LogP contribution < -0.4 is 10.6 Å². The van der Waals surface area contributed by atoms with Gasteiger partial charge in [-0.2, -0.15) is 0 Å². The van der Waals surface area contributed by atoms with Gasteiger partial charge in [-0.05, 0) is 19.9 Å². The Bertz CT molecular complexity index is 568. The smallest absolute Gasteiger partial charge is 0.290 e. The number of aryl methyl sites for hydroxylation is 1. The molecule has 1 aliphatic heterocycles. The van der Waals surface area contributed by atoms with Crippen molar-refractivity contribution >= 4 is 23.1 Å². The van der Waals surface area contributed by atoms with E-state index in [1.54, 1.807) is 19.1 Å². The van der Waals surface area contributed by atoms with Crippen LogP contribution in [0.4, 0.5) is 11.4 Å². The van der Waals surface area contributed by atoms with Crippen LogP contribution in [0.3, 0.4) is 0 Å². The predicted molar refractivity (Wildman–Crippen MR) is 71.4 cm³/mol. The number of nitro groups is 1. The van der Waals surface area contributed by atoms with Gasteiger partial charge in [-0.1, -0.05) is 6.07 Å². The summed E-state index contributed by atoms with van der Waals surface area (Å²) >= 11 is 0. The number of carbonyl (C=O) groups is 1. The van der Waals surface area contributed by atoms with Gasteiger partial charge < -0.3 is 10.6 Å². The third-order valence-corrected chi connectivity index (χ3v) is 2.79. The highest BCUT2D eigenvalue weighted by atomic mass is 16.6. The molecule has 1 atom stereocenters. The normalized spacial score (nSPS) is 17.6. The van der Waals surface area contributed by atoms with Gasteiger partial charge in [-0.15, -0.1) is 0 Å². The van der Waals surface area contributed by atoms with Crippen molar-refractivity contribution < 1.29 is 9.72 Å². The Labute approximate surface area is 109 Å². The average Bonchev–Trinajstić information content (AvgIpc) is 2.78. The number of nitrogens with one attached hydrogen (secondary N) is 2. The van der Waals surface area contributed by atoms with E-state index in [1.165, 1.54) is 6.07 Å². The standard InChI is InChI=1S/C12H14N4O3/c1-7-3-4-9(5-10(7)16(18)19)15-12(17)11-13-6-8(2)14-11/h3-5,8H,6H2,1-2H3,(H,13,14)(H,15,17). The predicted octanol–water partition coefficient (Wildman–Crippen LogP) is 1.23. The van der Waals surface area contributed by atoms with Gasteiger partial charge in [0.1, 0.15) is 0 Å². The molecule has 0 bridgehead atoms. The second-order valence-electron chi connectivity index (χ2n) is 4.45. The average molecular weight is 262 g/mol. The maximum absolute atomic E-state index is 11.9. The summed E-state index contributed by atoms with van der Waals surface area (Å²) in [6, 6.07) is 4.69. The lowest BCUT2D eigenvalue weighted by atomic mass is 10.2. The van der Waals surface area contributed by atoms with E-state index in [0.717, 1.165) is 0 Å². The molecule has 1 heterocycles. The summed E-state index contributed by atoms with van der Waals surface area (Å²) in [6.07, 6.45) is 0. The van der Waals surface area contributed by atoms with E-state index in [-0.39, 0.29) is 23.5 Å². The lowest BCUT2D eigenvalue weighted by molar-refractivity contribution is -0.385. The number of nitro benzene ring substituents is 1. The van der Waals surface area contributed by atoms with Gasteiger partial charge in [0.2, 0.25) is 0 Å². The van der Waals surface area contributed by atoms with Crippen molar-refractivity contribution in [3.8, 4) is 0 Å². The van der Waals surface area contributed by atoms with Gasteiger partial charge in [0.25, 0.3) is 11.6 Å². The highest BCUT2D eigenvalue weighted by Crippen LogP contribution is 2.22. The number of amidine groups is 1. The summed E-state index contributed by atoms with van der Waals surface area (Å²) in [5.41, 5.74) is 0.909. The first-order valence-electron chi connectivity index (χ1n) is 5.85. The minimum absolute atomic E-state index is 0.0208. The largest absolute Gasteiger partial charge is 0.361 e. The van der Waals surface area contributed by atoms with E-state index in [1.807, 2.05) is 6.92 Å². The highest BCUT2D eigenvalue weighted by Gasteiger charge is 2.20. The molecule has 0 spiro atoms. The van der Waals surface area contributed by atoms with Crippen LogP contribution in [0.15, 0.2) is 23.2 Å². The van der Waals surface area contributed by atoms with Gasteiger partial charge in [0, 0.05) is 23.4 Å². The minimum atomic E-state index is -0.474. The Hall–Kier alpha value is -2.44. The molecule has 0 saturated heterocycles. The zero-order valence-corrected chi connectivity index (χ0v) is 10.6. The quantitative estimate of drug-likeness (QED) is 0.632. The van der Waals surface area contributed by atoms with Gasteiger partial charge in [-0.25, -0.2) is 0 Å². The van der Waals surface area contributed by atoms with Crippen molar-refractivity contribution in [2.24, 2.45) is 4.99 Å². The molecule has 1 aliphatic rings. The molecule has 0 fully saturated rings. The van der Waals surface area contributed by atoms with E-state index in [9.17, 15) is 14.9 Å². The van der Waals surface area contributed by atoms with E-state index in [4.69, 9.17) is 0 Å². The molecular weight excluding hydrogens is 248 g/mol. The molecule has 1 aromatic carbocycles. The van der Waals surface area contributed by atoms with Gasteiger partial charge in [0.15, 0.2) is 5.84 Å². The third-order valence-electron chi connectivity index (χ3n) is 2.79. The van der Waals surface area contributed by atoms with Crippen molar-refractivity contribution in [3.63, 3.8) is 0 Å². The van der Waals surface area contributed by atoms with Crippen molar-refractivity contribution in [3.05, 3.63) is 33.9 Å². The molecule has 1 amide bonds. The number of carbonyl (C=O) groups excluding carboxylic acids is 1. The van der Waals surface area contributed by atoms with E-state index < -0.39 is 4.92 Å². The van der Waals surface area contributed by atoms with Gasteiger partial charge in [-0.3, -0.25) is 19.9 Å². The molecular formula is C12H14N4O3. The Morgan fingerprint density at radius 3 is 2.89 bits per heavy atom. The molecule has 0 saturated carbocycles. The number of benzene rings is 1. The number of amides is 1. The summed E-state index contributed by atoms with van der Waals surface area (Å²) in [5, 5.41) is 16.3. The Morgan fingerprint density at radius 1 is 1.58 bits per heavy atom. The summed E-state index contributed by atoms with van der Waals surface area (Å²) in [5.74, 6) is -0.127. The van der Waals surface area contributed by atoms with Crippen LogP contribution >= 0.6 is 0 Å². The molecule has 0 aromatic heterocycles. The molecule has 7 nitrogen and oxygen atoms in total. The Morgan fingerprint density at radius 2 is 2.32 bits per heavy atom. The molecule has 19 heavy (non-hydrogen) atoms. The van der Waals surface area contributed by atoms with Crippen LogP contribution in [0, 0.1) is 17.0 Å². The summed E-state index contributed by atoms with van der Waals surface area (Å²) in [4.78, 5) is 26.2. The van der Waals surface area contributed by atoms with Crippen LogP contribution in [0.1, 0.15) is 12.5 Å². The fraction of sp³-hybridized carbons (Fsp3) is 0.333. The number of hydrogen-bond donors (Lipinski definition) is 2. The SMILES string of the molecule is Cc1ccc(NC(=O)C2=NCC(C)N2)cc1[N+](=O)[O-]. The van der Waals surface area contributed by atoms with Gasteiger partial charge in [0.05, 0.1) is 11.5 Å². The molecule has 0 radical (unpaired) electrons. The lowest BCUT2D eigenvalue weighted by Crippen LogP contribution is -2.36. The van der Waals surface area contributed by atoms with Crippen molar-refractivity contribution in [1.29, 1.82) is 0 Å². The number of rotatable bonds is 3. The minimum Gasteiger partial charge on any atom is -0.361 e.